The molecule has 0 atom stereocenters. The van der Waals surface area contributed by atoms with Crippen LogP contribution in [0.3, 0.4) is 0 Å². The van der Waals surface area contributed by atoms with Gasteiger partial charge in [0.05, 0.1) is 5.02 Å². The second-order valence-corrected chi connectivity index (χ2v) is 4.70. The summed E-state index contributed by atoms with van der Waals surface area (Å²) in [4.78, 5) is 11.8. The maximum atomic E-state index is 11.8. The fourth-order valence-corrected chi connectivity index (χ4v) is 1.77. The van der Waals surface area contributed by atoms with Gasteiger partial charge in [0, 0.05) is 33.0 Å². The third kappa shape index (κ3) is 5.72. The number of rotatable bonds is 6. The molecule has 0 radical (unpaired) electrons. The van der Waals surface area contributed by atoms with Crippen LogP contribution in [0.25, 0.3) is 0 Å². The van der Waals surface area contributed by atoms with Gasteiger partial charge in [-0.1, -0.05) is 11.6 Å². The van der Waals surface area contributed by atoms with E-state index in [1.54, 1.807) is 13.2 Å². The van der Waals surface area contributed by atoms with Gasteiger partial charge >= 0.3 is 0 Å². The summed E-state index contributed by atoms with van der Waals surface area (Å²) in [6.07, 6.45) is 2.37. The van der Waals surface area contributed by atoms with Crippen molar-refractivity contribution in [1.82, 2.24) is 25.9 Å². The van der Waals surface area contributed by atoms with Crippen LogP contribution in [0.5, 0.6) is 0 Å². The summed E-state index contributed by atoms with van der Waals surface area (Å²) in [5.74, 6) is -0.450. The minimum absolute atomic E-state index is 0.140. The SMILES string of the molecule is CCOCCCNC(=S)NNC(=O)c1nn(C)cc1Cl. The number of thiocarbonyl (C=S) groups is 1. The molecule has 0 aliphatic heterocycles. The smallest absolute Gasteiger partial charge is 0.291 e. The highest BCUT2D eigenvalue weighted by atomic mass is 35.5. The number of hydrazine groups is 1. The number of ether oxygens (including phenoxy) is 1. The van der Waals surface area contributed by atoms with Crippen LogP contribution in [-0.4, -0.2) is 40.6 Å². The zero-order valence-electron chi connectivity index (χ0n) is 11.4. The summed E-state index contributed by atoms with van der Waals surface area (Å²) in [6, 6.07) is 0. The monoisotopic (exact) mass is 319 g/mol. The van der Waals surface area contributed by atoms with Crippen LogP contribution in [0, 0.1) is 0 Å². The molecule has 0 aliphatic carbocycles. The number of aromatic nitrogens is 2. The van der Waals surface area contributed by atoms with Gasteiger partial charge < -0.3 is 10.1 Å². The first-order valence-corrected chi connectivity index (χ1v) is 6.94. The van der Waals surface area contributed by atoms with Crippen LogP contribution in [0.2, 0.25) is 5.02 Å². The fraction of sp³-hybridized carbons (Fsp3) is 0.545. The van der Waals surface area contributed by atoms with Gasteiger partial charge in [0.15, 0.2) is 10.8 Å². The molecule has 1 amide bonds. The summed E-state index contributed by atoms with van der Waals surface area (Å²) in [7, 11) is 1.68. The minimum Gasteiger partial charge on any atom is -0.382 e. The average molecular weight is 320 g/mol. The highest BCUT2D eigenvalue weighted by molar-refractivity contribution is 7.80. The van der Waals surface area contributed by atoms with Gasteiger partial charge in [0.25, 0.3) is 5.91 Å². The minimum atomic E-state index is -0.450. The Balaban J connectivity index is 2.24. The highest BCUT2D eigenvalue weighted by Crippen LogP contribution is 2.12. The molecule has 1 rings (SSSR count). The summed E-state index contributed by atoms with van der Waals surface area (Å²) < 4.78 is 6.65. The fourth-order valence-electron chi connectivity index (χ4n) is 1.35. The average Bonchev–Trinajstić information content (AvgIpc) is 2.75. The van der Waals surface area contributed by atoms with E-state index < -0.39 is 5.91 Å². The van der Waals surface area contributed by atoms with Crippen molar-refractivity contribution < 1.29 is 9.53 Å². The number of nitrogens with one attached hydrogen (secondary N) is 3. The number of nitrogens with zero attached hydrogens (tertiary/aromatic N) is 2. The van der Waals surface area contributed by atoms with E-state index in [9.17, 15) is 4.79 Å². The van der Waals surface area contributed by atoms with E-state index in [-0.39, 0.29) is 10.7 Å². The first-order valence-electron chi connectivity index (χ1n) is 6.15. The lowest BCUT2D eigenvalue weighted by Crippen LogP contribution is -2.47. The van der Waals surface area contributed by atoms with E-state index >= 15 is 0 Å². The molecule has 0 bridgehead atoms. The van der Waals surface area contributed by atoms with Crippen LogP contribution in [0.4, 0.5) is 0 Å². The molecule has 0 saturated carbocycles. The van der Waals surface area contributed by atoms with Gasteiger partial charge in [-0.05, 0) is 25.6 Å². The summed E-state index contributed by atoms with van der Waals surface area (Å²) >= 11 is 10.9. The van der Waals surface area contributed by atoms with Crippen molar-refractivity contribution in [3.8, 4) is 0 Å². The van der Waals surface area contributed by atoms with Crippen LogP contribution in [0.15, 0.2) is 6.20 Å². The largest absolute Gasteiger partial charge is 0.382 e. The lowest BCUT2D eigenvalue weighted by Gasteiger charge is -2.10. The number of halogens is 1. The summed E-state index contributed by atoms with van der Waals surface area (Å²) in [5, 5.41) is 7.47. The number of carbonyl (C=O) groups is 1. The number of hydrogen-bond acceptors (Lipinski definition) is 4. The Morgan fingerprint density at radius 1 is 1.55 bits per heavy atom. The maximum absolute atomic E-state index is 11.8. The predicted molar refractivity (Wildman–Crippen MR) is 80.5 cm³/mol. The molecule has 3 N–H and O–H groups in total. The molecule has 0 saturated heterocycles. The van der Waals surface area contributed by atoms with Crippen molar-refractivity contribution in [2.75, 3.05) is 19.8 Å². The van der Waals surface area contributed by atoms with E-state index in [4.69, 9.17) is 28.6 Å². The molecule has 0 unspecified atom stereocenters. The Morgan fingerprint density at radius 2 is 2.30 bits per heavy atom. The first-order chi connectivity index (χ1) is 9.54. The number of aryl methyl sites for hydroxylation is 1. The van der Waals surface area contributed by atoms with Gasteiger partial charge in [-0.3, -0.25) is 20.3 Å². The van der Waals surface area contributed by atoms with Crippen molar-refractivity contribution in [3.63, 3.8) is 0 Å². The lowest BCUT2D eigenvalue weighted by molar-refractivity contribution is 0.0938. The molecule has 0 aliphatic rings. The summed E-state index contributed by atoms with van der Waals surface area (Å²) in [5.41, 5.74) is 5.14. The zero-order valence-corrected chi connectivity index (χ0v) is 13.0. The van der Waals surface area contributed by atoms with Crippen LogP contribution < -0.4 is 16.2 Å². The molecule has 9 heteroatoms. The molecular weight excluding hydrogens is 302 g/mol. The Morgan fingerprint density at radius 3 is 2.90 bits per heavy atom. The Labute approximate surface area is 128 Å². The molecule has 0 spiro atoms. The predicted octanol–water partition coefficient (Wildman–Crippen LogP) is 0.609. The second-order valence-electron chi connectivity index (χ2n) is 3.88. The topological polar surface area (TPSA) is 80.2 Å². The van der Waals surface area contributed by atoms with Crippen molar-refractivity contribution in [2.45, 2.75) is 13.3 Å². The molecule has 0 fully saturated rings. The summed E-state index contributed by atoms with van der Waals surface area (Å²) in [6.45, 7) is 3.97. The number of amides is 1. The zero-order chi connectivity index (χ0) is 15.0. The molecule has 1 aromatic rings. The molecule has 1 aromatic heterocycles. The normalized spacial score (nSPS) is 10.2. The highest BCUT2D eigenvalue weighted by Gasteiger charge is 2.14. The number of hydrogen-bond donors (Lipinski definition) is 3. The molecule has 0 aromatic carbocycles. The Bertz CT molecular complexity index is 466. The second kappa shape index (κ2) is 8.72. The Kier molecular flexibility index (Phi) is 7.27. The van der Waals surface area contributed by atoms with Crippen molar-refractivity contribution in [3.05, 3.63) is 16.9 Å². The van der Waals surface area contributed by atoms with Gasteiger partial charge in [-0.15, -0.1) is 0 Å². The maximum Gasteiger partial charge on any atom is 0.291 e. The molecule has 1 heterocycles. The van der Waals surface area contributed by atoms with Gasteiger partial charge in [-0.2, -0.15) is 5.10 Å². The van der Waals surface area contributed by atoms with E-state index in [1.807, 2.05) is 6.92 Å². The first kappa shape index (κ1) is 16.7. The third-order valence-corrected chi connectivity index (χ3v) is 2.77. The van der Waals surface area contributed by atoms with Crippen molar-refractivity contribution in [2.24, 2.45) is 7.05 Å². The van der Waals surface area contributed by atoms with Gasteiger partial charge in [-0.25, -0.2) is 0 Å². The molecule has 7 nitrogen and oxygen atoms in total. The lowest BCUT2D eigenvalue weighted by atomic mass is 10.4. The molecule has 20 heavy (non-hydrogen) atoms. The van der Waals surface area contributed by atoms with Gasteiger partial charge in [0.2, 0.25) is 0 Å². The molecule has 112 valence electrons. The van der Waals surface area contributed by atoms with Crippen LogP contribution in [0.1, 0.15) is 23.8 Å². The van der Waals surface area contributed by atoms with Crippen molar-refractivity contribution in [1.29, 1.82) is 0 Å². The van der Waals surface area contributed by atoms with E-state index in [0.717, 1.165) is 6.42 Å². The van der Waals surface area contributed by atoms with E-state index in [0.29, 0.717) is 24.9 Å². The number of carbonyl (C=O) groups excluding carboxylic acids is 1. The van der Waals surface area contributed by atoms with E-state index in [2.05, 4.69) is 21.3 Å². The standard InChI is InChI=1S/C11H18ClN5O2S/c1-3-19-6-4-5-13-11(20)15-14-10(18)9-8(12)7-17(2)16-9/h7H,3-6H2,1-2H3,(H,14,18)(H2,13,15,20). The third-order valence-electron chi connectivity index (χ3n) is 2.24. The van der Waals surface area contributed by atoms with E-state index in [1.165, 1.54) is 4.68 Å². The quantitative estimate of drug-likeness (QED) is 0.405. The molecular formula is C11H18ClN5O2S. The van der Waals surface area contributed by atoms with Gasteiger partial charge in [0.1, 0.15) is 0 Å². The van der Waals surface area contributed by atoms with Crippen molar-refractivity contribution >= 4 is 34.8 Å². The Hall–Kier alpha value is -1.38. The van der Waals surface area contributed by atoms with Crippen LogP contribution >= 0.6 is 23.8 Å². The van der Waals surface area contributed by atoms with Crippen LogP contribution in [-0.2, 0) is 11.8 Å².